The maximum Gasteiger partial charge on any atom is 0.417 e. The van der Waals surface area contributed by atoms with Crippen LogP contribution in [0.1, 0.15) is 23.6 Å². The first kappa shape index (κ1) is 17.4. The van der Waals surface area contributed by atoms with Gasteiger partial charge in [0.15, 0.2) is 0 Å². The van der Waals surface area contributed by atoms with Gasteiger partial charge in [0.05, 0.1) is 10.6 Å². The molecule has 0 aliphatic carbocycles. The molecule has 1 nitrogen and oxygen atoms in total. The van der Waals surface area contributed by atoms with E-state index in [0.717, 1.165) is 18.2 Å². The summed E-state index contributed by atoms with van der Waals surface area (Å²) in [6.45, 7) is 0. The van der Waals surface area contributed by atoms with Crippen LogP contribution in [-0.4, -0.2) is 6.43 Å². The highest BCUT2D eigenvalue weighted by Crippen LogP contribution is 2.36. The third kappa shape index (κ3) is 4.59. The van der Waals surface area contributed by atoms with Crippen LogP contribution in [-0.2, 0) is 6.18 Å². The average molecular weight is 310 g/mol. The van der Waals surface area contributed by atoms with Crippen molar-refractivity contribution in [1.82, 2.24) is 0 Å². The van der Waals surface area contributed by atoms with E-state index < -0.39 is 35.7 Å². The molecule has 1 atom stereocenters. The minimum atomic E-state index is -4.57. The summed E-state index contributed by atoms with van der Waals surface area (Å²) < 4.78 is 61.2. The summed E-state index contributed by atoms with van der Waals surface area (Å²) >= 11 is 5.43. The van der Waals surface area contributed by atoms with Crippen molar-refractivity contribution in [3.8, 4) is 0 Å². The Balaban J connectivity index is 0.00000289. The zero-order valence-electron chi connectivity index (χ0n) is 8.85. The van der Waals surface area contributed by atoms with E-state index in [1.165, 1.54) is 0 Å². The highest BCUT2D eigenvalue weighted by Gasteiger charge is 2.33. The summed E-state index contributed by atoms with van der Waals surface area (Å²) in [5.74, 6) is 0. The molecule has 0 bridgehead atoms. The zero-order valence-corrected chi connectivity index (χ0v) is 10.4. The third-order valence-electron chi connectivity index (χ3n) is 2.16. The van der Waals surface area contributed by atoms with Gasteiger partial charge in [-0.05, 0) is 17.7 Å². The van der Waals surface area contributed by atoms with Gasteiger partial charge in [0.1, 0.15) is 0 Å². The fraction of sp³-hybridized carbons (Fsp3) is 0.400. The zero-order chi connectivity index (χ0) is 13.2. The lowest BCUT2D eigenvalue weighted by Crippen LogP contribution is -2.15. The van der Waals surface area contributed by atoms with Crippen molar-refractivity contribution in [3.05, 3.63) is 34.3 Å². The van der Waals surface area contributed by atoms with E-state index in [0.29, 0.717) is 0 Å². The predicted molar refractivity (Wildman–Crippen MR) is 61.3 cm³/mol. The first-order valence-electron chi connectivity index (χ1n) is 4.62. The molecule has 2 N–H and O–H groups in total. The van der Waals surface area contributed by atoms with Crippen LogP contribution in [0.25, 0.3) is 0 Å². The Bertz CT molecular complexity index is 394. The molecule has 1 aromatic rings. The van der Waals surface area contributed by atoms with Gasteiger partial charge in [-0.3, -0.25) is 0 Å². The van der Waals surface area contributed by atoms with Crippen LogP contribution in [0.15, 0.2) is 18.2 Å². The van der Waals surface area contributed by atoms with Gasteiger partial charge < -0.3 is 5.73 Å². The Labute approximate surface area is 112 Å². The Morgan fingerprint density at radius 3 is 2.17 bits per heavy atom. The highest BCUT2D eigenvalue weighted by atomic mass is 35.5. The molecule has 0 saturated carbocycles. The van der Waals surface area contributed by atoms with Gasteiger partial charge in [-0.15, -0.1) is 12.4 Å². The van der Waals surface area contributed by atoms with Crippen molar-refractivity contribution in [1.29, 1.82) is 0 Å². The fourth-order valence-electron chi connectivity index (χ4n) is 1.32. The molecule has 0 saturated heterocycles. The fourth-order valence-corrected chi connectivity index (χ4v) is 1.62. The van der Waals surface area contributed by atoms with E-state index in [-0.39, 0.29) is 18.0 Å². The molecule has 1 rings (SSSR count). The second kappa shape index (κ2) is 6.54. The number of hydrogen-bond acceptors (Lipinski definition) is 1. The van der Waals surface area contributed by atoms with Crippen LogP contribution in [0.5, 0.6) is 0 Å². The first-order chi connectivity index (χ1) is 7.71. The lowest BCUT2D eigenvalue weighted by Gasteiger charge is -2.14. The predicted octanol–water partition coefficient (Wildman–Crippen LogP) is 4.44. The SMILES string of the molecule is Cl.N[C@@H](CC(F)F)c1ccc(C(F)(F)F)c(Cl)c1. The van der Waals surface area contributed by atoms with E-state index in [1.54, 1.807) is 0 Å². The second-order valence-electron chi connectivity index (χ2n) is 3.47. The molecule has 0 fully saturated rings. The number of nitrogens with two attached hydrogens (primary N) is 1. The van der Waals surface area contributed by atoms with Crippen LogP contribution in [0, 0.1) is 0 Å². The average Bonchev–Trinajstić information content (AvgIpc) is 2.14. The first-order valence-corrected chi connectivity index (χ1v) is 5.00. The Kier molecular flexibility index (Phi) is 6.33. The summed E-state index contributed by atoms with van der Waals surface area (Å²) in [5, 5.41) is -0.542. The maximum absolute atomic E-state index is 12.4. The molecule has 0 spiro atoms. The normalized spacial score (nSPS) is 13.3. The molecule has 0 unspecified atom stereocenters. The summed E-state index contributed by atoms with van der Waals surface area (Å²) in [5.41, 5.74) is 4.55. The van der Waals surface area contributed by atoms with Crippen molar-refractivity contribution >= 4 is 24.0 Å². The van der Waals surface area contributed by atoms with Crippen LogP contribution in [0.2, 0.25) is 5.02 Å². The lowest BCUT2D eigenvalue weighted by molar-refractivity contribution is -0.137. The number of rotatable bonds is 3. The monoisotopic (exact) mass is 309 g/mol. The lowest BCUT2D eigenvalue weighted by atomic mass is 10.0. The van der Waals surface area contributed by atoms with Gasteiger partial charge in [0.25, 0.3) is 0 Å². The van der Waals surface area contributed by atoms with Gasteiger partial charge in [0, 0.05) is 12.5 Å². The molecule has 8 heteroatoms. The van der Waals surface area contributed by atoms with Gasteiger partial charge in [-0.25, -0.2) is 8.78 Å². The number of halogens is 7. The third-order valence-corrected chi connectivity index (χ3v) is 2.47. The van der Waals surface area contributed by atoms with Gasteiger partial charge in [-0.2, -0.15) is 13.2 Å². The van der Waals surface area contributed by atoms with E-state index in [1.807, 2.05) is 0 Å². The van der Waals surface area contributed by atoms with Gasteiger partial charge in [0.2, 0.25) is 6.43 Å². The van der Waals surface area contributed by atoms with E-state index in [9.17, 15) is 22.0 Å². The Hall–Kier alpha value is -0.590. The summed E-state index contributed by atoms with van der Waals surface area (Å²) in [6, 6.07) is 1.73. The Morgan fingerprint density at radius 2 is 1.78 bits per heavy atom. The molecule has 0 amide bonds. The van der Waals surface area contributed by atoms with Crippen LogP contribution in [0.3, 0.4) is 0 Å². The highest BCUT2D eigenvalue weighted by molar-refractivity contribution is 6.31. The molecular weight excluding hydrogens is 300 g/mol. The minimum Gasteiger partial charge on any atom is -0.324 e. The van der Waals surface area contributed by atoms with Crippen molar-refractivity contribution < 1.29 is 22.0 Å². The molecule has 0 aromatic heterocycles. The summed E-state index contributed by atoms with van der Waals surface area (Å²) in [4.78, 5) is 0. The molecule has 0 radical (unpaired) electrons. The molecular formula is C10H10Cl2F5N. The summed E-state index contributed by atoms with van der Waals surface area (Å²) in [6.07, 6.45) is -7.81. The second-order valence-corrected chi connectivity index (χ2v) is 3.88. The quantitative estimate of drug-likeness (QED) is 0.821. The molecule has 1 aromatic carbocycles. The summed E-state index contributed by atoms with van der Waals surface area (Å²) in [7, 11) is 0. The Morgan fingerprint density at radius 1 is 1.22 bits per heavy atom. The van der Waals surface area contributed by atoms with Gasteiger partial charge in [-0.1, -0.05) is 17.7 Å². The number of benzene rings is 1. The number of alkyl halides is 5. The largest absolute Gasteiger partial charge is 0.417 e. The van der Waals surface area contributed by atoms with Crippen LogP contribution in [0.4, 0.5) is 22.0 Å². The van der Waals surface area contributed by atoms with Crippen molar-refractivity contribution in [2.75, 3.05) is 0 Å². The molecule has 18 heavy (non-hydrogen) atoms. The number of hydrogen-bond donors (Lipinski definition) is 1. The minimum absolute atomic E-state index is 0. The molecule has 0 aliphatic rings. The molecule has 0 aliphatic heterocycles. The van der Waals surface area contributed by atoms with E-state index >= 15 is 0 Å². The van der Waals surface area contributed by atoms with Crippen molar-refractivity contribution in [3.63, 3.8) is 0 Å². The molecule has 0 heterocycles. The van der Waals surface area contributed by atoms with E-state index in [4.69, 9.17) is 17.3 Å². The maximum atomic E-state index is 12.4. The van der Waals surface area contributed by atoms with Crippen LogP contribution < -0.4 is 5.73 Å². The standard InChI is InChI=1S/C10H9ClF5N.ClH/c11-7-3-5(8(17)4-9(12)13)1-2-6(7)10(14,15)16;/h1-3,8-9H,4,17H2;1H/t8-;/m0./s1. The van der Waals surface area contributed by atoms with Gasteiger partial charge >= 0.3 is 6.18 Å². The molecule has 104 valence electrons. The van der Waals surface area contributed by atoms with E-state index in [2.05, 4.69) is 0 Å². The van der Waals surface area contributed by atoms with Crippen molar-refractivity contribution in [2.45, 2.75) is 25.1 Å². The van der Waals surface area contributed by atoms with Crippen LogP contribution >= 0.6 is 24.0 Å². The smallest absolute Gasteiger partial charge is 0.324 e. The van der Waals surface area contributed by atoms with Crippen molar-refractivity contribution in [2.24, 2.45) is 5.73 Å². The topological polar surface area (TPSA) is 26.0 Å².